The van der Waals surface area contributed by atoms with Crippen LogP contribution in [0.3, 0.4) is 0 Å². The van der Waals surface area contributed by atoms with Crippen molar-refractivity contribution in [1.29, 1.82) is 0 Å². The fraction of sp³-hybridized carbons (Fsp3) is 0.533. The highest BCUT2D eigenvalue weighted by atomic mass is 16.6. The van der Waals surface area contributed by atoms with Crippen molar-refractivity contribution in [3.8, 4) is 11.1 Å². The number of hydrogen-bond acceptors (Lipinski definition) is 10. The lowest BCUT2D eigenvalue weighted by Crippen LogP contribution is -2.32. The Hall–Kier alpha value is -2.86. The third kappa shape index (κ3) is 10.3. The average molecular weight is 559 g/mol. The smallest absolute Gasteiger partial charge is 0.338 e. The zero-order valence-corrected chi connectivity index (χ0v) is 22.8. The summed E-state index contributed by atoms with van der Waals surface area (Å²) in [6.45, 7) is 7.36. The molecule has 2 aromatic carbocycles. The molecule has 0 spiro atoms. The van der Waals surface area contributed by atoms with Crippen LogP contribution < -0.4 is 0 Å². The number of esters is 2. The molecule has 0 saturated carbocycles. The number of carbonyl (C=O) groups excluding carboxylic acids is 2. The second-order valence-corrected chi connectivity index (χ2v) is 9.61. The van der Waals surface area contributed by atoms with Crippen LogP contribution in [-0.4, -0.2) is 104 Å². The van der Waals surface area contributed by atoms with Crippen molar-refractivity contribution >= 4 is 11.9 Å². The molecular formula is C30H38O10. The molecule has 2 aliphatic rings. The molecule has 0 bridgehead atoms. The van der Waals surface area contributed by atoms with E-state index in [-0.39, 0.29) is 13.2 Å². The van der Waals surface area contributed by atoms with Gasteiger partial charge >= 0.3 is 11.9 Å². The molecule has 10 heteroatoms. The van der Waals surface area contributed by atoms with Gasteiger partial charge < -0.3 is 37.9 Å². The van der Waals surface area contributed by atoms with Gasteiger partial charge in [-0.15, -0.1) is 0 Å². The molecule has 2 aromatic rings. The Morgan fingerprint density at radius 2 is 0.875 bits per heavy atom. The predicted octanol–water partition coefficient (Wildman–Crippen LogP) is 3.03. The molecule has 2 fully saturated rings. The van der Waals surface area contributed by atoms with Gasteiger partial charge in [0, 0.05) is 11.8 Å². The maximum Gasteiger partial charge on any atom is 0.338 e. The van der Waals surface area contributed by atoms with E-state index in [9.17, 15) is 9.59 Å². The Kier molecular flexibility index (Phi) is 12.8. The molecule has 0 radical (unpaired) electrons. The van der Waals surface area contributed by atoms with E-state index in [0.29, 0.717) is 75.8 Å². The fourth-order valence-corrected chi connectivity index (χ4v) is 3.85. The van der Waals surface area contributed by atoms with Gasteiger partial charge in [0.2, 0.25) is 0 Å². The summed E-state index contributed by atoms with van der Waals surface area (Å²) in [4.78, 5) is 24.6. The largest absolute Gasteiger partial charge is 0.460 e. The maximum atomic E-state index is 12.3. The molecule has 0 aromatic heterocycles. The van der Waals surface area contributed by atoms with Gasteiger partial charge in [-0.1, -0.05) is 24.3 Å². The predicted molar refractivity (Wildman–Crippen MR) is 144 cm³/mol. The first kappa shape index (κ1) is 30.1. The molecule has 2 saturated heterocycles. The number of rotatable bonds is 19. The molecule has 0 atom stereocenters. The lowest BCUT2D eigenvalue weighted by molar-refractivity contribution is -0.0782. The quantitative estimate of drug-likeness (QED) is 0.189. The first-order valence-corrected chi connectivity index (χ1v) is 13.7. The van der Waals surface area contributed by atoms with E-state index < -0.39 is 11.9 Å². The summed E-state index contributed by atoms with van der Waals surface area (Å²) in [7, 11) is 0. The van der Waals surface area contributed by atoms with E-state index in [1.807, 2.05) is 24.3 Å². The Balaban J connectivity index is 1.06. The van der Waals surface area contributed by atoms with Gasteiger partial charge in [0.1, 0.15) is 13.2 Å². The lowest BCUT2D eigenvalue weighted by atomic mass is 10.0. The highest BCUT2D eigenvalue weighted by Gasteiger charge is 2.18. The summed E-state index contributed by atoms with van der Waals surface area (Å²) in [6.07, 6.45) is 0. The van der Waals surface area contributed by atoms with Crippen molar-refractivity contribution in [2.24, 2.45) is 11.8 Å². The summed E-state index contributed by atoms with van der Waals surface area (Å²) in [6, 6.07) is 14.2. The normalized spacial score (nSPS) is 15.3. The number of hydrogen-bond donors (Lipinski definition) is 0. The zero-order valence-electron chi connectivity index (χ0n) is 22.8. The van der Waals surface area contributed by atoms with E-state index in [0.717, 1.165) is 37.6 Å². The molecular weight excluding hydrogens is 520 g/mol. The Morgan fingerprint density at radius 3 is 1.23 bits per heavy atom. The maximum absolute atomic E-state index is 12.3. The van der Waals surface area contributed by atoms with Gasteiger partial charge in [0.05, 0.1) is 90.4 Å². The van der Waals surface area contributed by atoms with Gasteiger partial charge in [0.15, 0.2) is 0 Å². The molecule has 0 unspecified atom stereocenters. The topological polar surface area (TPSA) is 108 Å². The molecule has 0 amide bonds. The van der Waals surface area contributed by atoms with Crippen molar-refractivity contribution < 1.29 is 47.5 Å². The van der Waals surface area contributed by atoms with Crippen LogP contribution in [0.5, 0.6) is 0 Å². The van der Waals surface area contributed by atoms with Crippen LogP contribution in [0.15, 0.2) is 48.5 Å². The van der Waals surface area contributed by atoms with Crippen LogP contribution >= 0.6 is 0 Å². The van der Waals surface area contributed by atoms with E-state index >= 15 is 0 Å². The summed E-state index contributed by atoms with van der Waals surface area (Å²) in [5, 5.41) is 0. The second kappa shape index (κ2) is 17.1. The molecule has 10 nitrogen and oxygen atoms in total. The van der Waals surface area contributed by atoms with Gasteiger partial charge in [-0.05, 0) is 35.4 Å². The SMILES string of the molecule is O=C(OCCOCCOCC1COC1)c1ccc(-c2ccc(C(=O)OCCOCCOCC3COC3)cc2)cc1. The Morgan fingerprint density at radius 1 is 0.525 bits per heavy atom. The van der Waals surface area contributed by atoms with Crippen molar-refractivity contribution in [3.63, 3.8) is 0 Å². The van der Waals surface area contributed by atoms with E-state index in [2.05, 4.69) is 0 Å². The van der Waals surface area contributed by atoms with E-state index in [1.54, 1.807) is 24.3 Å². The van der Waals surface area contributed by atoms with Gasteiger partial charge in [-0.2, -0.15) is 0 Å². The summed E-state index contributed by atoms with van der Waals surface area (Å²) >= 11 is 0. The molecule has 218 valence electrons. The summed E-state index contributed by atoms with van der Waals surface area (Å²) < 4.78 is 42.6. The minimum absolute atomic E-state index is 0.172. The third-order valence-electron chi connectivity index (χ3n) is 6.36. The highest BCUT2D eigenvalue weighted by Crippen LogP contribution is 2.21. The third-order valence-corrected chi connectivity index (χ3v) is 6.36. The molecule has 2 heterocycles. The number of carbonyl (C=O) groups is 2. The van der Waals surface area contributed by atoms with Crippen molar-refractivity contribution in [2.75, 3.05) is 92.5 Å². The number of ether oxygens (including phenoxy) is 8. The fourth-order valence-electron chi connectivity index (χ4n) is 3.85. The first-order valence-electron chi connectivity index (χ1n) is 13.7. The highest BCUT2D eigenvalue weighted by molar-refractivity contribution is 5.91. The number of benzene rings is 2. The lowest BCUT2D eigenvalue weighted by Gasteiger charge is -2.25. The van der Waals surface area contributed by atoms with Crippen molar-refractivity contribution in [1.82, 2.24) is 0 Å². The molecule has 4 rings (SSSR count). The average Bonchev–Trinajstić information content (AvgIpc) is 2.93. The van der Waals surface area contributed by atoms with Crippen molar-refractivity contribution in [2.45, 2.75) is 0 Å². The van der Waals surface area contributed by atoms with Crippen LogP contribution in [0.1, 0.15) is 20.7 Å². The van der Waals surface area contributed by atoms with Crippen LogP contribution in [0.2, 0.25) is 0 Å². The second-order valence-electron chi connectivity index (χ2n) is 9.61. The monoisotopic (exact) mass is 558 g/mol. The molecule has 0 N–H and O–H groups in total. The molecule has 0 aliphatic carbocycles. The minimum Gasteiger partial charge on any atom is -0.460 e. The Bertz CT molecular complexity index is 932. The first-order chi connectivity index (χ1) is 19.7. The summed E-state index contributed by atoms with van der Waals surface area (Å²) in [5.74, 6) is 0.186. The van der Waals surface area contributed by atoms with Gasteiger partial charge in [-0.3, -0.25) is 0 Å². The van der Waals surface area contributed by atoms with Crippen LogP contribution in [0, 0.1) is 11.8 Å². The minimum atomic E-state index is -0.408. The standard InChI is InChI=1S/C30H38O10/c31-29(39-15-13-33-9-11-35-17-23-19-37-20-23)27-5-1-25(2-6-27)26-3-7-28(8-4-26)30(32)40-16-14-34-10-12-36-18-24-21-38-22-24/h1-8,23-24H,9-22H2. The summed E-state index contributed by atoms with van der Waals surface area (Å²) in [5.41, 5.74) is 2.73. The molecule has 40 heavy (non-hydrogen) atoms. The van der Waals surface area contributed by atoms with Crippen LogP contribution in [0.25, 0.3) is 11.1 Å². The van der Waals surface area contributed by atoms with Crippen LogP contribution in [-0.2, 0) is 37.9 Å². The Labute approximate surface area is 234 Å². The van der Waals surface area contributed by atoms with Crippen molar-refractivity contribution in [3.05, 3.63) is 59.7 Å². The molecule has 2 aliphatic heterocycles. The van der Waals surface area contributed by atoms with Gasteiger partial charge in [-0.25, -0.2) is 9.59 Å². The van der Waals surface area contributed by atoms with E-state index in [1.165, 1.54) is 0 Å². The van der Waals surface area contributed by atoms with Gasteiger partial charge in [0.25, 0.3) is 0 Å². The zero-order chi connectivity index (χ0) is 27.8. The van der Waals surface area contributed by atoms with Crippen LogP contribution in [0.4, 0.5) is 0 Å². The van der Waals surface area contributed by atoms with E-state index in [4.69, 9.17) is 37.9 Å².